The fourth-order valence-corrected chi connectivity index (χ4v) is 0. The number of hydrogen-bond donors (Lipinski definition) is 0. The molecule has 1 radical (unpaired) electrons. The van der Waals surface area contributed by atoms with Crippen molar-refractivity contribution in [2.75, 3.05) is 0 Å². The topological polar surface area (TPSA) is 0 Å². The molecule has 0 aliphatic carbocycles. The van der Waals surface area contributed by atoms with Crippen molar-refractivity contribution in [2.24, 2.45) is 0 Å². The summed E-state index contributed by atoms with van der Waals surface area (Å²) in [7, 11) is -0.611. The molecule has 6 heavy (non-hydrogen) atoms. The molecule has 0 aromatic carbocycles. The second-order valence-corrected chi connectivity index (χ2v) is 9.00. The van der Waals surface area contributed by atoms with Gasteiger partial charge in [0.05, 0.1) is 0 Å². The van der Waals surface area contributed by atoms with Gasteiger partial charge in [-0.15, -0.1) is 0 Å². The number of hydrogen-bond acceptors (Lipinski definition) is 0. The van der Waals surface area contributed by atoms with Crippen molar-refractivity contribution in [3.63, 3.8) is 0 Å². The summed E-state index contributed by atoms with van der Waals surface area (Å²) in [5.41, 5.74) is 0. The van der Waals surface area contributed by atoms with E-state index in [-0.39, 0.29) is 22.4 Å². The Morgan fingerprint density at radius 2 is 0.833 bits per heavy atom. The van der Waals surface area contributed by atoms with Crippen LogP contribution in [0.1, 0.15) is 0 Å². The van der Waals surface area contributed by atoms with Crippen LogP contribution in [0.25, 0.3) is 0 Å². The first-order valence-electron chi connectivity index (χ1n) is 2.00. The van der Waals surface area contributed by atoms with Crippen LogP contribution >= 0.6 is 0 Å². The summed E-state index contributed by atoms with van der Waals surface area (Å²) in [5, 5.41) is 0. The summed E-state index contributed by atoms with van der Waals surface area (Å²) >= 11 is 0. The molecule has 0 fully saturated rings. The van der Waals surface area contributed by atoms with E-state index in [0.29, 0.717) is 0 Å². The standard InChI is InChI=1S/C4H12Si.Ag/c1-5(2,3)4;/h1-4H3;. The summed E-state index contributed by atoms with van der Waals surface area (Å²) in [5.74, 6) is 0. The van der Waals surface area contributed by atoms with Gasteiger partial charge in [-0.1, -0.05) is 26.2 Å². The van der Waals surface area contributed by atoms with E-state index >= 15 is 0 Å². The molecule has 0 unspecified atom stereocenters. The normalized spacial score (nSPS) is 10.0. The van der Waals surface area contributed by atoms with Crippen molar-refractivity contribution in [3.8, 4) is 0 Å². The van der Waals surface area contributed by atoms with E-state index in [9.17, 15) is 0 Å². The van der Waals surface area contributed by atoms with Crippen LogP contribution in [-0.4, -0.2) is 8.07 Å². The van der Waals surface area contributed by atoms with E-state index in [4.69, 9.17) is 0 Å². The van der Waals surface area contributed by atoms with Gasteiger partial charge < -0.3 is 0 Å². The van der Waals surface area contributed by atoms with Crippen molar-refractivity contribution < 1.29 is 22.4 Å². The van der Waals surface area contributed by atoms with E-state index in [1.165, 1.54) is 0 Å². The largest absolute Gasteiger partial charge is 0.0697 e. The van der Waals surface area contributed by atoms with Crippen molar-refractivity contribution in [1.29, 1.82) is 0 Å². The van der Waals surface area contributed by atoms with Crippen LogP contribution < -0.4 is 0 Å². The molecule has 0 amide bonds. The van der Waals surface area contributed by atoms with Crippen LogP contribution in [0.5, 0.6) is 0 Å². The second-order valence-electron chi connectivity index (χ2n) is 3.00. The van der Waals surface area contributed by atoms with Gasteiger partial charge in [0, 0.05) is 30.5 Å². The van der Waals surface area contributed by atoms with Gasteiger partial charge in [0.25, 0.3) is 0 Å². The molecule has 0 aromatic heterocycles. The molecule has 0 aliphatic rings. The van der Waals surface area contributed by atoms with Crippen LogP contribution in [0.4, 0.5) is 0 Å². The average molecular weight is 196 g/mol. The molecular weight excluding hydrogens is 184 g/mol. The maximum absolute atomic E-state index is 2.33. The third kappa shape index (κ3) is 84.7. The molecule has 0 N–H and O–H groups in total. The molecule has 0 bridgehead atoms. The zero-order valence-corrected chi connectivity index (χ0v) is 7.28. The van der Waals surface area contributed by atoms with E-state index in [1.807, 2.05) is 0 Å². The minimum atomic E-state index is -0.611. The van der Waals surface area contributed by atoms with E-state index in [1.54, 1.807) is 0 Å². The molecule has 0 rings (SSSR count). The van der Waals surface area contributed by atoms with Crippen LogP contribution in [0.2, 0.25) is 26.2 Å². The maximum atomic E-state index is 2.33. The summed E-state index contributed by atoms with van der Waals surface area (Å²) in [6.45, 7) is 9.31. The molecule has 0 aromatic rings. The first-order valence-corrected chi connectivity index (χ1v) is 6.00. The quantitative estimate of drug-likeness (QED) is 0.519. The van der Waals surface area contributed by atoms with Gasteiger partial charge in [0.2, 0.25) is 0 Å². The Bertz CT molecular complexity index is 23.0. The molecule has 43 valence electrons. The minimum Gasteiger partial charge on any atom is -0.0697 e. The Labute approximate surface area is 56.8 Å². The van der Waals surface area contributed by atoms with Gasteiger partial charge >= 0.3 is 0 Å². The second kappa shape index (κ2) is 3.02. The Morgan fingerprint density at radius 1 is 0.833 bits per heavy atom. The monoisotopic (exact) mass is 195 g/mol. The van der Waals surface area contributed by atoms with E-state index in [0.717, 1.165) is 0 Å². The van der Waals surface area contributed by atoms with Crippen LogP contribution in [0, 0.1) is 0 Å². The summed E-state index contributed by atoms with van der Waals surface area (Å²) in [6.07, 6.45) is 0. The predicted octanol–water partition coefficient (Wildman–Crippen LogP) is 1.95. The number of rotatable bonds is 0. The first kappa shape index (κ1) is 10.0. The van der Waals surface area contributed by atoms with E-state index in [2.05, 4.69) is 26.2 Å². The van der Waals surface area contributed by atoms with Crippen molar-refractivity contribution in [3.05, 3.63) is 0 Å². The van der Waals surface area contributed by atoms with Gasteiger partial charge in [-0.05, 0) is 0 Å². The molecule has 0 nitrogen and oxygen atoms in total. The third-order valence-electron chi connectivity index (χ3n) is 0. The fourth-order valence-electron chi connectivity index (χ4n) is 0. The smallest absolute Gasteiger partial charge is 0.0411 e. The molecule has 0 aliphatic heterocycles. The molecule has 0 atom stereocenters. The van der Waals surface area contributed by atoms with Crippen LogP contribution in [0.3, 0.4) is 0 Å². The summed E-state index contributed by atoms with van der Waals surface area (Å²) in [6, 6.07) is 0. The minimum absolute atomic E-state index is 0. The van der Waals surface area contributed by atoms with Crippen molar-refractivity contribution in [1.82, 2.24) is 0 Å². The summed E-state index contributed by atoms with van der Waals surface area (Å²) < 4.78 is 0. The van der Waals surface area contributed by atoms with E-state index < -0.39 is 8.07 Å². The Hall–Kier alpha value is 0.957. The Kier molecular flexibility index (Phi) is 5.06. The van der Waals surface area contributed by atoms with Crippen LogP contribution in [0.15, 0.2) is 0 Å². The van der Waals surface area contributed by atoms with Gasteiger partial charge in [-0.3, -0.25) is 0 Å². The first-order chi connectivity index (χ1) is 2.00. The van der Waals surface area contributed by atoms with Crippen molar-refractivity contribution >= 4 is 8.07 Å². The SMILES string of the molecule is C[Si](C)(C)C.[Ag]. The molecule has 0 saturated carbocycles. The van der Waals surface area contributed by atoms with Gasteiger partial charge in [-0.25, -0.2) is 0 Å². The van der Waals surface area contributed by atoms with Gasteiger partial charge in [-0.2, -0.15) is 0 Å². The Balaban J connectivity index is 0. The van der Waals surface area contributed by atoms with Gasteiger partial charge in [0.15, 0.2) is 0 Å². The molecular formula is C4H12AgSi. The zero-order chi connectivity index (χ0) is 4.50. The third-order valence-corrected chi connectivity index (χ3v) is 0. The fraction of sp³-hybridized carbons (Fsp3) is 1.00. The average Bonchev–Trinajstić information content (AvgIpc) is 0.722. The molecule has 0 heterocycles. The Morgan fingerprint density at radius 3 is 0.833 bits per heavy atom. The predicted molar refractivity (Wildman–Crippen MR) is 29.2 cm³/mol. The molecule has 0 saturated heterocycles. The summed E-state index contributed by atoms with van der Waals surface area (Å²) in [4.78, 5) is 0. The zero-order valence-electron chi connectivity index (χ0n) is 4.80. The molecule has 2 heteroatoms. The van der Waals surface area contributed by atoms with Gasteiger partial charge in [0.1, 0.15) is 0 Å². The maximum Gasteiger partial charge on any atom is 0.0411 e. The van der Waals surface area contributed by atoms with Crippen molar-refractivity contribution in [2.45, 2.75) is 26.2 Å². The van der Waals surface area contributed by atoms with Crippen LogP contribution in [-0.2, 0) is 22.4 Å². The molecule has 0 spiro atoms.